The van der Waals surface area contributed by atoms with Crippen molar-refractivity contribution in [3.05, 3.63) is 54.1 Å². The quantitative estimate of drug-likeness (QED) is 0.194. The summed E-state index contributed by atoms with van der Waals surface area (Å²) in [6, 6.07) is 15.1. The van der Waals surface area contributed by atoms with Gasteiger partial charge in [-0.05, 0) is 57.5 Å². The van der Waals surface area contributed by atoms with Gasteiger partial charge in [-0.3, -0.25) is 0 Å². The number of para-hydroxylation sites is 2. The van der Waals surface area contributed by atoms with Crippen LogP contribution in [-0.2, 0) is 6.54 Å². The number of halogens is 1. The highest BCUT2D eigenvalue weighted by molar-refractivity contribution is 14.0. The van der Waals surface area contributed by atoms with E-state index in [1.165, 1.54) is 0 Å². The SMILES string of the molecule is CCNC(=NCc1ccc(NC(=O)NC(C)C)cc1)NCC(C)Oc1ccccc1OC.I. The number of hydrogen-bond donors (Lipinski definition) is 4. The van der Waals surface area contributed by atoms with Crippen LogP contribution in [0.5, 0.6) is 11.5 Å². The molecule has 8 nitrogen and oxygen atoms in total. The van der Waals surface area contributed by atoms with Crippen LogP contribution >= 0.6 is 24.0 Å². The minimum absolute atomic E-state index is 0. The summed E-state index contributed by atoms with van der Waals surface area (Å²) in [5.41, 5.74) is 1.78. The summed E-state index contributed by atoms with van der Waals surface area (Å²) in [6.45, 7) is 9.69. The maximum atomic E-state index is 11.8. The molecule has 1 atom stereocenters. The van der Waals surface area contributed by atoms with Crippen LogP contribution in [0.4, 0.5) is 10.5 Å². The summed E-state index contributed by atoms with van der Waals surface area (Å²) in [6.07, 6.45) is -0.0856. The second-order valence-corrected chi connectivity index (χ2v) is 7.61. The van der Waals surface area contributed by atoms with Crippen LogP contribution in [-0.4, -0.2) is 44.3 Å². The third kappa shape index (κ3) is 10.6. The van der Waals surface area contributed by atoms with Gasteiger partial charge in [0.25, 0.3) is 0 Å². The number of aliphatic imine (C=N–C) groups is 1. The summed E-state index contributed by atoms with van der Waals surface area (Å²) in [5, 5.41) is 12.2. The van der Waals surface area contributed by atoms with Crippen molar-refractivity contribution < 1.29 is 14.3 Å². The van der Waals surface area contributed by atoms with Crippen molar-refractivity contribution in [2.45, 2.75) is 46.4 Å². The molecular formula is C24H36IN5O3. The Morgan fingerprint density at radius 1 is 1.00 bits per heavy atom. The first-order chi connectivity index (χ1) is 15.4. The molecule has 2 amide bonds. The molecule has 0 bridgehead atoms. The fourth-order valence-electron chi connectivity index (χ4n) is 2.85. The Bertz CT molecular complexity index is 875. The molecule has 0 heterocycles. The second kappa shape index (κ2) is 15.2. The van der Waals surface area contributed by atoms with E-state index in [0.717, 1.165) is 17.8 Å². The van der Waals surface area contributed by atoms with Gasteiger partial charge < -0.3 is 30.7 Å². The van der Waals surface area contributed by atoms with Crippen LogP contribution in [0.1, 0.15) is 33.3 Å². The van der Waals surface area contributed by atoms with Crippen molar-refractivity contribution in [2.75, 3.05) is 25.5 Å². The van der Waals surface area contributed by atoms with E-state index in [9.17, 15) is 4.79 Å². The van der Waals surface area contributed by atoms with Crippen LogP contribution in [0.15, 0.2) is 53.5 Å². The van der Waals surface area contributed by atoms with Crippen molar-refractivity contribution in [3.8, 4) is 11.5 Å². The Morgan fingerprint density at radius 2 is 1.67 bits per heavy atom. The highest BCUT2D eigenvalue weighted by Gasteiger charge is 2.09. The number of nitrogens with zero attached hydrogens (tertiary/aromatic N) is 1. The molecule has 182 valence electrons. The number of methoxy groups -OCH3 is 1. The average molecular weight is 569 g/mol. The molecule has 9 heteroatoms. The number of rotatable bonds is 10. The average Bonchev–Trinajstić information content (AvgIpc) is 2.76. The number of carbonyl (C=O) groups is 1. The van der Waals surface area contributed by atoms with Gasteiger partial charge in [-0.15, -0.1) is 24.0 Å². The number of urea groups is 1. The number of anilines is 1. The molecule has 4 N–H and O–H groups in total. The fourth-order valence-corrected chi connectivity index (χ4v) is 2.85. The summed E-state index contributed by atoms with van der Waals surface area (Å²) in [7, 11) is 1.63. The number of carbonyl (C=O) groups excluding carboxylic acids is 1. The molecule has 0 fully saturated rings. The molecule has 2 rings (SSSR count). The van der Waals surface area contributed by atoms with E-state index in [1.54, 1.807) is 7.11 Å². The first-order valence-corrected chi connectivity index (χ1v) is 10.9. The van der Waals surface area contributed by atoms with Crippen molar-refractivity contribution in [1.82, 2.24) is 16.0 Å². The van der Waals surface area contributed by atoms with E-state index in [0.29, 0.717) is 30.5 Å². The molecule has 2 aromatic rings. The molecule has 33 heavy (non-hydrogen) atoms. The molecule has 0 radical (unpaired) electrons. The minimum Gasteiger partial charge on any atom is -0.493 e. The van der Waals surface area contributed by atoms with E-state index in [2.05, 4.69) is 26.3 Å². The molecule has 2 aromatic carbocycles. The zero-order chi connectivity index (χ0) is 23.3. The van der Waals surface area contributed by atoms with Gasteiger partial charge in [0, 0.05) is 18.3 Å². The summed E-state index contributed by atoms with van der Waals surface area (Å²) >= 11 is 0. The zero-order valence-corrected chi connectivity index (χ0v) is 22.3. The van der Waals surface area contributed by atoms with Crippen LogP contribution in [0.2, 0.25) is 0 Å². The molecule has 0 aliphatic heterocycles. The lowest BCUT2D eigenvalue weighted by Gasteiger charge is -2.19. The van der Waals surface area contributed by atoms with Gasteiger partial charge >= 0.3 is 6.03 Å². The maximum Gasteiger partial charge on any atom is 0.319 e. The molecule has 0 aliphatic rings. The van der Waals surface area contributed by atoms with Gasteiger partial charge in [0.05, 0.1) is 20.2 Å². The fraction of sp³-hybridized carbons (Fsp3) is 0.417. The first-order valence-electron chi connectivity index (χ1n) is 10.9. The first kappa shape index (κ1) is 28.3. The summed E-state index contributed by atoms with van der Waals surface area (Å²) in [5.74, 6) is 2.13. The largest absolute Gasteiger partial charge is 0.493 e. The third-order valence-corrected chi connectivity index (χ3v) is 4.35. The van der Waals surface area contributed by atoms with Crippen molar-refractivity contribution >= 4 is 41.7 Å². The Labute approximate surface area is 213 Å². The number of nitrogens with one attached hydrogen (secondary N) is 4. The van der Waals surface area contributed by atoms with Crippen LogP contribution in [0.3, 0.4) is 0 Å². The predicted molar refractivity (Wildman–Crippen MR) is 145 cm³/mol. The van der Waals surface area contributed by atoms with E-state index in [-0.39, 0.29) is 42.2 Å². The van der Waals surface area contributed by atoms with E-state index in [1.807, 2.05) is 76.2 Å². The molecule has 0 saturated carbocycles. The molecule has 0 aromatic heterocycles. The third-order valence-electron chi connectivity index (χ3n) is 4.35. The van der Waals surface area contributed by atoms with Gasteiger partial charge in [-0.1, -0.05) is 24.3 Å². The standard InChI is InChI=1S/C24H35N5O3.HI/c1-6-25-23(26-15-18(4)32-22-10-8-7-9-21(22)31-5)27-16-19-11-13-20(14-12-19)29-24(30)28-17(2)3;/h7-14,17-18H,6,15-16H2,1-5H3,(H2,25,26,27)(H2,28,29,30);1H. The topological polar surface area (TPSA) is 96.0 Å². The van der Waals surface area contributed by atoms with Crippen LogP contribution in [0, 0.1) is 0 Å². The van der Waals surface area contributed by atoms with Gasteiger partial charge in [0.1, 0.15) is 6.10 Å². The molecule has 0 saturated heterocycles. The van der Waals surface area contributed by atoms with Crippen molar-refractivity contribution in [1.29, 1.82) is 0 Å². The lowest BCUT2D eigenvalue weighted by Crippen LogP contribution is -2.41. The van der Waals surface area contributed by atoms with Gasteiger partial charge in [0.2, 0.25) is 0 Å². The van der Waals surface area contributed by atoms with Crippen molar-refractivity contribution in [2.24, 2.45) is 4.99 Å². The minimum atomic E-state index is -0.214. The van der Waals surface area contributed by atoms with E-state index >= 15 is 0 Å². The van der Waals surface area contributed by atoms with Crippen LogP contribution in [0.25, 0.3) is 0 Å². The highest BCUT2D eigenvalue weighted by Crippen LogP contribution is 2.26. The number of benzene rings is 2. The smallest absolute Gasteiger partial charge is 0.319 e. The maximum absolute atomic E-state index is 11.8. The molecule has 0 aliphatic carbocycles. The predicted octanol–water partition coefficient (Wildman–Crippen LogP) is 4.37. The Hall–Kier alpha value is -2.69. The summed E-state index contributed by atoms with van der Waals surface area (Å²) in [4.78, 5) is 16.4. The number of hydrogen-bond acceptors (Lipinski definition) is 4. The molecule has 1 unspecified atom stereocenters. The Balaban J connectivity index is 0.00000544. The zero-order valence-electron chi connectivity index (χ0n) is 20.0. The van der Waals surface area contributed by atoms with E-state index in [4.69, 9.17) is 9.47 Å². The Morgan fingerprint density at radius 3 is 2.27 bits per heavy atom. The lowest BCUT2D eigenvalue weighted by atomic mass is 10.2. The van der Waals surface area contributed by atoms with Gasteiger partial charge in [-0.2, -0.15) is 0 Å². The molecule has 0 spiro atoms. The van der Waals surface area contributed by atoms with Crippen LogP contribution < -0.4 is 30.7 Å². The second-order valence-electron chi connectivity index (χ2n) is 7.61. The number of guanidine groups is 1. The highest BCUT2D eigenvalue weighted by atomic mass is 127. The van der Waals surface area contributed by atoms with Crippen molar-refractivity contribution in [3.63, 3.8) is 0 Å². The van der Waals surface area contributed by atoms with E-state index < -0.39 is 0 Å². The van der Waals surface area contributed by atoms with Gasteiger partial charge in [-0.25, -0.2) is 9.79 Å². The van der Waals surface area contributed by atoms with Gasteiger partial charge in [0.15, 0.2) is 17.5 Å². The lowest BCUT2D eigenvalue weighted by molar-refractivity contribution is 0.213. The number of ether oxygens (including phenoxy) is 2. The Kier molecular flexibility index (Phi) is 13.1. The molecular weight excluding hydrogens is 533 g/mol. The monoisotopic (exact) mass is 569 g/mol. The number of amides is 2. The summed E-state index contributed by atoms with van der Waals surface area (Å²) < 4.78 is 11.3. The normalized spacial score (nSPS) is 11.8.